The second-order valence-electron chi connectivity index (χ2n) is 9.77. The summed E-state index contributed by atoms with van der Waals surface area (Å²) in [4.78, 5) is 58.1. The second kappa shape index (κ2) is 10.1. The molecule has 4 amide bonds. The van der Waals surface area contributed by atoms with Crippen molar-refractivity contribution in [3.05, 3.63) is 89.5 Å². The maximum Gasteiger partial charge on any atom is 0.262 e. The van der Waals surface area contributed by atoms with Crippen LogP contribution in [0.25, 0.3) is 0 Å². The molecule has 1 aliphatic carbocycles. The number of anilines is 3. The fraction of sp³-hybridized carbons (Fsp3) is 0.241. The highest BCUT2D eigenvalue weighted by Crippen LogP contribution is 2.43. The zero-order valence-electron chi connectivity index (χ0n) is 20.6. The molecule has 2 heterocycles. The number of nitrogens with zero attached hydrogens (tertiary/aromatic N) is 3. The standard InChI is InChI=1S/C29H26N4O4.BrH/c30-19-8-5-7-18(15-19)16-31-24-12-3-4-13-25(24)33(23-14-6-11-22(23)29(31)37)26(34)17-32-27(35)20-9-1-2-10-21(20)28(32)36;/h1-5,7-10,12-13,15,22-23H,6,11,14,16-17,30H2;1H. The zero-order chi connectivity index (χ0) is 25.7. The van der Waals surface area contributed by atoms with Gasteiger partial charge in [-0.05, 0) is 54.8 Å². The lowest BCUT2D eigenvalue weighted by atomic mass is 10.0. The summed E-state index contributed by atoms with van der Waals surface area (Å²) in [6.45, 7) is -0.0577. The van der Waals surface area contributed by atoms with Crippen molar-refractivity contribution in [1.82, 2.24) is 4.90 Å². The van der Waals surface area contributed by atoms with Crippen molar-refractivity contribution in [2.75, 3.05) is 22.1 Å². The Kier molecular flexibility index (Phi) is 6.79. The van der Waals surface area contributed by atoms with Crippen LogP contribution in [0.3, 0.4) is 0 Å². The van der Waals surface area contributed by atoms with Crippen molar-refractivity contribution in [2.45, 2.75) is 31.8 Å². The summed E-state index contributed by atoms with van der Waals surface area (Å²) in [5.74, 6) is -1.73. The molecule has 0 bridgehead atoms. The fourth-order valence-corrected chi connectivity index (χ4v) is 5.88. The van der Waals surface area contributed by atoms with Gasteiger partial charge >= 0.3 is 0 Å². The Morgan fingerprint density at radius 2 is 1.47 bits per heavy atom. The van der Waals surface area contributed by atoms with E-state index in [-0.39, 0.29) is 47.3 Å². The lowest BCUT2D eigenvalue weighted by Crippen LogP contribution is -2.49. The Labute approximate surface area is 230 Å². The summed E-state index contributed by atoms with van der Waals surface area (Å²) < 4.78 is 0. The molecule has 1 saturated carbocycles. The first-order valence-electron chi connectivity index (χ1n) is 12.5. The van der Waals surface area contributed by atoms with E-state index in [9.17, 15) is 19.2 Å². The van der Waals surface area contributed by atoms with Gasteiger partial charge in [0.15, 0.2) is 0 Å². The number of benzene rings is 3. The summed E-state index contributed by atoms with van der Waals surface area (Å²) in [5, 5.41) is 0. The van der Waals surface area contributed by atoms with E-state index in [1.165, 1.54) is 0 Å². The Morgan fingerprint density at radius 3 is 2.16 bits per heavy atom. The van der Waals surface area contributed by atoms with Gasteiger partial charge in [-0.3, -0.25) is 24.1 Å². The van der Waals surface area contributed by atoms with Gasteiger partial charge in [0.1, 0.15) is 6.54 Å². The molecule has 0 aromatic heterocycles. The average molecular weight is 575 g/mol. The monoisotopic (exact) mass is 574 g/mol. The van der Waals surface area contributed by atoms with E-state index in [1.807, 2.05) is 42.5 Å². The molecule has 9 heteroatoms. The number of imide groups is 1. The first kappa shape index (κ1) is 25.7. The number of amides is 4. The predicted octanol–water partition coefficient (Wildman–Crippen LogP) is 4.19. The number of halogens is 1. The first-order valence-corrected chi connectivity index (χ1v) is 12.5. The topological polar surface area (TPSA) is 104 Å². The minimum absolute atomic E-state index is 0. The predicted molar refractivity (Wildman–Crippen MR) is 149 cm³/mol. The Morgan fingerprint density at radius 1 is 0.816 bits per heavy atom. The van der Waals surface area contributed by atoms with Crippen LogP contribution in [0.1, 0.15) is 45.5 Å². The Balaban J connectivity index is 0.00000294. The molecular formula is C29H27BrN4O4. The van der Waals surface area contributed by atoms with Crippen LogP contribution in [-0.4, -0.2) is 41.1 Å². The summed E-state index contributed by atoms with van der Waals surface area (Å²) >= 11 is 0. The van der Waals surface area contributed by atoms with Crippen LogP contribution >= 0.6 is 17.0 Å². The van der Waals surface area contributed by atoms with E-state index in [1.54, 1.807) is 40.1 Å². The van der Waals surface area contributed by atoms with E-state index in [2.05, 4.69) is 0 Å². The third kappa shape index (κ3) is 4.16. The van der Waals surface area contributed by atoms with Crippen LogP contribution in [0, 0.1) is 5.92 Å². The number of hydrogen-bond donors (Lipinski definition) is 1. The SMILES string of the molecule is Br.Nc1cccc(CN2C(=O)C3CCCC3N(C(=O)CN3C(=O)c4ccccc4C3=O)c3ccccc32)c1. The van der Waals surface area contributed by atoms with E-state index in [0.717, 1.165) is 16.9 Å². The molecule has 8 nitrogen and oxygen atoms in total. The number of rotatable bonds is 4. The van der Waals surface area contributed by atoms with E-state index in [4.69, 9.17) is 5.73 Å². The van der Waals surface area contributed by atoms with E-state index < -0.39 is 11.8 Å². The minimum Gasteiger partial charge on any atom is -0.399 e. The van der Waals surface area contributed by atoms with Gasteiger partial charge in [0.2, 0.25) is 11.8 Å². The molecule has 3 aromatic rings. The number of carbonyl (C=O) groups excluding carboxylic acids is 4. The molecule has 2 N–H and O–H groups in total. The van der Waals surface area contributed by atoms with Crippen LogP contribution in [-0.2, 0) is 16.1 Å². The third-order valence-electron chi connectivity index (χ3n) is 7.56. The van der Waals surface area contributed by atoms with Gasteiger partial charge in [-0.1, -0.05) is 42.8 Å². The summed E-state index contributed by atoms with van der Waals surface area (Å²) in [6, 6.07) is 21.0. The minimum atomic E-state index is -0.473. The second-order valence-corrected chi connectivity index (χ2v) is 9.77. The number of para-hydroxylation sites is 2. The molecule has 3 aromatic carbocycles. The third-order valence-corrected chi connectivity index (χ3v) is 7.56. The van der Waals surface area contributed by atoms with Gasteiger partial charge in [-0.25, -0.2) is 0 Å². The number of carbonyl (C=O) groups is 4. The van der Waals surface area contributed by atoms with Crippen molar-refractivity contribution in [3.8, 4) is 0 Å². The van der Waals surface area contributed by atoms with Gasteiger partial charge in [0.25, 0.3) is 11.8 Å². The van der Waals surface area contributed by atoms with E-state index >= 15 is 0 Å². The highest BCUT2D eigenvalue weighted by Gasteiger charge is 2.46. The molecule has 2 atom stereocenters. The van der Waals surface area contributed by atoms with Gasteiger partial charge in [0, 0.05) is 11.7 Å². The smallest absolute Gasteiger partial charge is 0.262 e. The van der Waals surface area contributed by atoms with Crippen LogP contribution < -0.4 is 15.5 Å². The molecule has 2 unspecified atom stereocenters. The van der Waals surface area contributed by atoms with Gasteiger partial charge < -0.3 is 15.5 Å². The molecule has 3 aliphatic rings. The lowest BCUT2D eigenvalue weighted by Gasteiger charge is -2.31. The van der Waals surface area contributed by atoms with Crippen LogP contribution in [0.4, 0.5) is 17.1 Å². The molecule has 1 fully saturated rings. The Hall–Kier alpha value is -3.98. The highest BCUT2D eigenvalue weighted by atomic mass is 79.9. The van der Waals surface area contributed by atoms with Crippen LogP contribution in [0.15, 0.2) is 72.8 Å². The van der Waals surface area contributed by atoms with Gasteiger partial charge in [-0.2, -0.15) is 0 Å². The summed E-state index contributed by atoms with van der Waals surface area (Å²) in [7, 11) is 0. The average Bonchev–Trinajstić information content (AvgIpc) is 3.45. The molecule has 38 heavy (non-hydrogen) atoms. The van der Waals surface area contributed by atoms with Crippen molar-refractivity contribution in [1.29, 1.82) is 0 Å². The van der Waals surface area contributed by atoms with Gasteiger partial charge in [0.05, 0.1) is 35.0 Å². The number of nitrogens with two attached hydrogens (primary N) is 1. The molecule has 0 spiro atoms. The summed E-state index contributed by atoms with van der Waals surface area (Å²) in [5.41, 5.74) is 9.34. The normalized spacial score (nSPS) is 20.0. The van der Waals surface area contributed by atoms with E-state index in [0.29, 0.717) is 47.6 Å². The van der Waals surface area contributed by atoms with Crippen molar-refractivity contribution >= 4 is 57.7 Å². The number of fused-ring (bicyclic) bond motifs is 3. The fourth-order valence-electron chi connectivity index (χ4n) is 5.88. The van der Waals surface area contributed by atoms with Crippen molar-refractivity contribution < 1.29 is 19.2 Å². The molecule has 0 radical (unpaired) electrons. The number of nitrogen functional groups attached to an aromatic ring is 1. The lowest BCUT2D eigenvalue weighted by molar-refractivity contribution is -0.123. The molecule has 6 rings (SSSR count). The molecule has 194 valence electrons. The largest absolute Gasteiger partial charge is 0.399 e. The van der Waals surface area contributed by atoms with Crippen LogP contribution in [0.2, 0.25) is 0 Å². The maximum atomic E-state index is 13.9. The quantitative estimate of drug-likeness (QED) is 0.371. The maximum absolute atomic E-state index is 13.9. The van der Waals surface area contributed by atoms with Crippen molar-refractivity contribution in [2.24, 2.45) is 5.92 Å². The Bertz CT molecular complexity index is 1420. The zero-order valence-corrected chi connectivity index (χ0v) is 22.3. The van der Waals surface area contributed by atoms with Crippen LogP contribution in [0.5, 0.6) is 0 Å². The molecular weight excluding hydrogens is 548 g/mol. The summed E-state index contributed by atoms with van der Waals surface area (Å²) in [6.07, 6.45) is 2.15. The molecule has 2 aliphatic heterocycles. The molecule has 0 saturated heterocycles. The van der Waals surface area contributed by atoms with Gasteiger partial charge in [-0.15, -0.1) is 17.0 Å². The first-order chi connectivity index (χ1) is 17.9. The van der Waals surface area contributed by atoms with Crippen molar-refractivity contribution in [3.63, 3.8) is 0 Å². The highest BCUT2D eigenvalue weighted by molar-refractivity contribution is 8.93. The number of hydrogen-bond acceptors (Lipinski definition) is 5.